The van der Waals surface area contributed by atoms with Crippen molar-refractivity contribution in [2.24, 2.45) is 0 Å². The first-order valence-electron chi connectivity index (χ1n) is 8.05. The summed E-state index contributed by atoms with van der Waals surface area (Å²) >= 11 is 0. The summed E-state index contributed by atoms with van der Waals surface area (Å²) in [6, 6.07) is 0. The van der Waals surface area contributed by atoms with E-state index in [0.29, 0.717) is 0 Å². The SMILES string of the molecule is C=C(CC(=O)OC(C)CCCCCC)C(=O)OC1CS(O)(O)C1. The van der Waals surface area contributed by atoms with Crippen LogP contribution in [0.15, 0.2) is 12.2 Å². The molecule has 0 saturated carbocycles. The lowest BCUT2D eigenvalue weighted by atomic mass is 10.1. The van der Waals surface area contributed by atoms with Crippen LogP contribution in [0.1, 0.15) is 52.4 Å². The van der Waals surface area contributed by atoms with Crippen LogP contribution >= 0.6 is 10.6 Å². The van der Waals surface area contributed by atoms with Crippen LogP contribution in [0.4, 0.5) is 0 Å². The van der Waals surface area contributed by atoms with E-state index in [0.717, 1.165) is 25.7 Å². The maximum Gasteiger partial charge on any atom is 0.334 e. The predicted molar refractivity (Wildman–Crippen MR) is 90.5 cm³/mol. The third-order valence-corrected chi connectivity index (χ3v) is 5.43. The van der Waals surface area contributed by atoms with Gasteiger partial charge >= 0.3 is 11.9 Å². The Bertz CT molecular complexity index is 426. The first kappa shape index (κ1) is 20.0. The molecule has 134 valence electrons. The van der Waals surface area contributed by atoms with Crippen LogP contribution in [0.3, 0.4) is 0 Å². The summed E-state index contributed by atoms with van der Waals surface area (Å²) in [5.74, 6) is -1.05. The molecule has 1 rings (SSSR count). The highest BCUT2D eigenvalue weighted by molar-refractivity contribution is 8.25. The Labute approximate surface area is 139 Å². The molecular weight excluding hydrogens is 320 g/mol. The van der Waals surface area contributed by atoms with Crippen molar-refractivity contribution in [3.63, 3.8) is 0 Å². The topological polar surface area (TPSA) is 93.1 Å². The zero-order chi connectivity index (χ0) is 17.5. The lowest BCUT2D eigenvalue weighted by Gasteiger charge is -2.45. The first-order valence-corrected chi connectivity index (χ1v) is 9.94. The molecular formula is C16H28O6S. The van der Waals surface area contributed by atoms with Crippen molar-refractivity contribution in [3.8, 4) is 0 Å². The predicted octanol–water partition coefficient (Wildman–Crippen LogP) is 3.51. The van der Waals surface area contributed by atoms with Gasteiger partial charge in [-0.1, -0.05) is 32.8 Å². The van der Waals surface area contributed by atoms with Gasteiger partial charge in [0, 0.05) is 5.57 Å². The third kappa shape index (κ3) is 7.85. The van der Waals surface area contributed by atoms with Crippen LogP contribution in [0, 0.1) is 0 Å². The molecule has 0 amide bonds. The summed E-state index contributed by atoms with van der Waals surface area (Å²) in [6.07, 6.45) is 4.39. The molecule has 0 spiro atoms. The van der Waals surface area contributed by atoms with Gasteiger partial charge in [-0.05, 0) is 19.8 Å². The molecule has 1 aliphatic rings. The highest BCUT2D eigenvalue weighted by Gasteiger charge is 2.37. The Hall–Kier alpha value is -1.05. The number of esters is 2. The molecule has 0 aromatic heterocycles. The first-order chi connectivity index (χ1) is 10.7. The molecule has 1 aliphatic heterocycles. The van der Waals surface area contributed by atoms with Crippen LogP contribution in [-0.4, -0.2) is 44.8 Å². The van der Waals surface area contributed by atoms with Gasteiger partial charge in [-0.15, -0.1) is 0 Å². The molecule has 0 radical (unpaired) electrons. The van der Waals surface area contributed by atoms with E-state index in [1.165, 1.54) is 6.42 Å². The minimum Gasteiger partial charge on any atom is -0.462 e. The van der Waals surface area contributed by atoms with Gasteiger partial charge in [-0.25, -0.2) is 4.79 Å². The molecule has 1 fully saturated rings. The Kier molecular flexibility index (Phi) is 8.08. The number of carbonyl (C=O) groups is 2. The van der Waals surface area contributed by atoms with E-state index < -0.39 is 28.6 Å². The maximum atomic E-state index is 11.8. The fourth-order valence-corrected chi connectivity index (χ4v) is 3.51. The Morgan fingerprint density at radius 3 is 2.48 bits per heavy atom. The van der Waals surface area contributed by atoms with Gasteiger partial charge in [0.05, 0.1) is 24.0 Å². The summed E-state index contributed by atoms with van der Waals surface area (Å²) in [5.41, 5.74) is 0.0246. The quantitative estimate of drug-likeness (QED) is 0.356. The monoisotopic (exact) mass is 348 g/mol. The molecule has 0 aromatic rings. The lowest BCUT2D eigenvalue weighted by molar-refractivity contribution is -0.151. The average molecular weight is 348 g/mol. The Balaban J connectivity index is 2.19. The van der Waals surface area contributed by atoms with Gasteiger partial charge in [0.15, 0.2) is 0 Å². The molecule has 1 saturated heterocycles. The van der Waals surface area contributed by atoms with Crippen molar-refractivity contribution in [1.82, 2.24) is 0 Å². The second kappa shape index (κ2) is 9.30. The van der Waals surface area contributed by atoms with E-state index in [2.05, 4.69) is 13.5 Å². The van der Waals surface area contributed by atoms with E-state index >= 15 is 0 Å². The van der Waals surface area contributed by atoms with Crippen molar-refractivity contribution >= 4 is 22.5 Å². The molecule has 0 aromatic carbocycles. The van der Waals surface area contributed by atoms with Crippen molar-refractivity contribution in [2.75, 3.05) is 11.5 Å². The van der Waals surface area contributed by atoms with Gasteiger partial charge in [-0.2, -0.15) is 10.6 Å². The number of unbranched alkanes of at least 4 members (excludes halogenated alkanes) is 3. The zero-order valence-corrected chi connectivity index (χ0v) is 14.8. The highest BCUT2D eigenvalue weighted by atomic mass is 32.3. The molecule has 23 heavy (non-hydrogen) atoms. The number of ether oxygens (including phenoxy) is 2. The standard InChI is InChI=1S/C16H28O6S/c1-4-5-6-7-8-13(3)21-15(17)9-12(2)16(18)22-14-10-23(19,20)11-14/h13-14,19-20H,2,4-11H2,1,3H3. The molecule has 1 unspecified atom stereocenters. The molecule has 1 heterocycles. The Morgan fingerprint density at radius 1 is 1.26 bits per heavy atom. The fraction of sp³-hybridized carbons (Fsp3) is 0.750. The minimum atomic E-state index is -2.55. The third-order valence-electron chi connectivity index (χ3n) is 3.62. The molecule has 6 nitrogen and oxygen atoms in total. The second-order valence-corrected chi connectivity index (χ2v) is 8.36. The number of hydrogen-bond donors (Lipinski definition) is 2. The van der Waals surface area contributed by atoms with Crippen LogP contribution in [0.5, 0.6) is 0 Å². The number of hydrogen-bond acceptors (Lipinski definition) is 6. The molecule has 7 heteroatoms. The molecule has 1 atom stereocenters. The smallest absolute Gasteiger partial charge is 0.334 e. The van der Waals surface area contributed by atoms with Crippen LogP contribution < -0.4 is 0 Å². The van der Waals surface area contributed by atoms with Crippen LogP contribution in [0.25, 0.3) is 0 Å². The van der Waals surface area contributed by atoms with E-state index in [4.69, 9.17) is 9.47 Å². The molecule has 0 bridgehead atoms. The average Bonchev–Trinajstić information content (AvgIpc) is 2.41. The van der Waals surface area contributed by atoms with E-state index in [1.807, 2.05) is 6.92 Å². The van der Waals surface area contributed by atoms with Gasteiger partial charge in [-0.3, -0.25) is 13.9 Å². The van der Waals surface area contributed by atoms with Crippen molar-refractivity contribution in [2.45, 2.75) is 64.6 Å². The normalized spacial score (nSPS) is 19.3. The van der Waals surface area contributed by atoms with Crippen LogP contribution in [0.2, 0.25) is 0 Å². The maximum absolute atomic E-state index is 11.8. The van der Waals surface area contributed by atoms with Crippen LogP contribution in [-0.2, 0) is 19.1 Å². The number of carbonyl (C=O) groups excluding carboxylic acids is 2. The number of rotatable bonds is 10. The minimum absolute atomic E-state index is 0.0246. The van der Waals surface area contributed by atoms with Crippen molar-refractivity contribution in [3.05, 3.63) is 12.2 Å². The second-order valence-electron chi connectivity index (χ2n) is 6.09. The zero-order valence-electron chi connectivity index (χ0n) is 14.0. The summed E-state index contributed by atoms with van der Waals surface area (Å²) < 4.78 is 28.8. The summed E-state index contributed by atoms with van der Waals surface area (Å²) in [5, 5.41) is 0. The van der Waals surface area contributed by atoms with Crippen molar-refractivity contribution in [1.29, 1.82) is 0 Å². The Morgan fingerprint density at radius 2 is 1.91 bits per heavy atom. The fourth-order valence-electron chi connectivity index (χ4n) is 2.28. The lowest BCUT2D eigenvalue weighted by Crippen LogP contribution is -2.41. The van der Waals surface area contributed by atoms with E-state index in [9.17, 15) is 18.7 Å². The molecule has 2 N–H and O–H groups in total. The van der Waals surface area contributed by atoms with E-state index in [-0.39, 0.29) is 29.6 Å². The molecule has 0 aliphatic carbocycles. The van der Waals surface area contributed by atoms with Gasteiger partial charge in [0.1, 0.15) is 6.10 Å². The van der Waals surface area contributed by atoms with Gasteiger partial charge < -0.3 is 9.47 Å². The van der Waals surface area contributed by atoms with E-state index in [1.54, 1.807) is 0 Å². The summed E-state index contributed by atoms with van der Waals surface area (Å²) in [6.45, 7) is 7.52. The highest BCUT2D eigenvalue weighted by Crippen LogP contribution is 2.49. The van der Waals surface area contributed by atoms with Gasteiger partial charge in [0.2, 0.25) is 0 Å². The van der Waals surface area contributed by atoms with Gasteiger partial charge in [0.25, 0.3) is 0 Å². The summed E-state index contributed by atoms with van der Waals surface area (Å²) in [7, 11) is -2.55. The summed E-state index contributed by atoms with van der Waals surface area (Å²) in [4.78, 5) is 23.5. The largest absolute Gasteiger partial charge is 0.462 e. The van der Waals surface area contributed by atoms with Crippen molar-refractivity contribution < 1.29 is 28.2 Å².